The molecule has 2 saturated heterocycles. The second-order valence-electron chi connectivity index (χ2n) is 13.9. The van der Waals surface area contributed by atoms with Crippen LogP contribution < -0.4 is 10.6 Å². The Morgan fingerprint density at radius 2 is 1.81 bits per heavy atom. The molecule has 4 rings (SSSR count). The number of carbonyl (C=O) groups excluding carboxylic acids is 4. The quantitative estimate of drug-likeness (QED) is 0.102. The summed E-state index contributed by atoms with van der Waals surface area (Å²) in [5.74, 6) is -2.01. The molecule has 3 aliphatic rings. The van der Waals surface area contributed by atoms with E-state index in [0.717, 1.165) is 0 Å². The minimum Gasteiger partial charge on any atom is -0.460 e. The average Bonchev–Trinajstić information content (AvgIpc) is 3.60. The summed E-state index contributed by atoms with van der Waals surface area (Å²) < 4.78 is 33.1. The van der Waals surface area contributed by atoms with Crippen molar-refractivity contribution < 1.29 is 73.1 Å². The van der Waals surface area contributed by atoms with Gasteiger partial charge in [0.15, 0.2) is 6.29 Å². The molecule has 0 unspecified atom stereocenters. The molecule has 7 N–H and O–H groups in total. The van der Waals surface area contributed by atoms with E-state index < -0.39 is 91.0 Å². The van der Waals surface area contributed by atoms with Crippen molar-refractivity contribution in [3.05, 3.63) is 53.1 Å². The molecular formula is C36H50N2O15. The number of aliphatic hydroxyl groups is 5. The molecule has 2 amide bonds. The topological polar surface area (TPSA) is 249 Å². The van der Waals surface area contributed by atoms with Crippen molar-refractivity contribution in [3.63, 3.8) is 0 Å². The van der Waals surface area contributed by atoms with Gasteiger partial charge in [-0.1, -0.05) is 24.3 Å². The normalized spacial score (nSPS) is 27.7. The first-order chi connectivity index (χ1) is 25.2. The van der Waals surface area contributed by atoms with E-state index in [1.54, 1.807) is 63.3 Å². The van der Waals surface area contributed by atoms with Crippen LogP contribution in [0.15, 0.2) is 42.0 Å². The van der Waals surface area contributed by atoms with Crippen LogP contribution in [-0.4, -0.2) is 143 Å². The molecule has 0 spiro atoms. The third-order valence-electron chi connectivity index (χ3n) is 8.53. The number of nitrogens with one attached hydrogen (secondary N) is 2. The van der Waals surface area contributed by atoms with Crippen LogP contribution in [0.4, 0.5) is 0 Å². The molecule has 0 bridgehead atoms. The lowest BCUT2D eigenvalue weighted by Crippen LogP contribution is -2.59. The molecule has 1 aromatic carbocycles. The predicted octanol–water partition coefficient (Wildman–Crippen LogP) is -0.781. The molecule has 53 heavy (non-hydrogen) atoms. The molecule has 1 aliphatic carbocycles. The van der Waals surface area contributed by atoms with E-state index >= 15 is 0 Å². The summed E-state index contributed by atoms with van der Waals surface area (Å²) in [6, 6.07) is 5.85. The first-order valence-corrected chi connectivity index (χ1v) is 17.4. The molecule has 9 atom stereocenters. The molecule has 2 fully saturated rings. The molecule has 2 aliphatic heterocycles. The fourth-order valence-electron chi connectivity index (χ4n) is 5.84. The number of amides is 2. The van der Waals surface area contributed by atoms with Gasteiger partial charge in [-0.3, -0.25) is 14.4 Å². The van der Waals surface area contributed by atoms with Gasteiger partial charge in [0.1, 0.15) is 55.1 Å². The van der Waals surface area contributed by atoms with Crippen LogP contribution in [0.25, 0.3) is 6.08 Å². The summed E-state index contributed by atoms with van der Waals surface area (Å²) in [5, 5.41) is 54.3. The number of hydrogen-bond donors (Lipinski definition) is 7. The molecule has 0 aromatic heterocycles. The monoisotopic (exact) mass is 750 g/mol. The maximum atomic E-state index is 13.2. The Hall–Kier alpha value is -3.78. The predicted molar refractivity (Wildman–Crippen MR) is 183 cm³/mol. The van der Waals surface area contributed by atoms with E-state index in [1.807, 2.05) is 0 Å². The van der Waals surface area contributed by atoms with E-state index in [2.05, 4.69) is 10.6 Å². The lowest BCUT2D eigenvalue weighted by atomic mass is 9.91. The molecule has 294 valence electrons. The zero-order valence-electron chi connectivity index (χ0n) is 29.9. The van der Waals surface area contributed by atoms with E-state index in [1.165, 1.54) is 0 Å². The Labute approximate surface area is 306 Å². The van der Waals surface area contributed by atoms with Crippen LogP contribution in [0.2, 0.25) is 0 Å². The number of carbonyl (C=O) groups is 4. The molecule has 0 radical (unpaired) electrons. The van der Waals surface area contributed by atoms with Gasteiger partial charge in [-0.15, -0.1) is 0 Å². The summed E-state index contributed by atoms with van der Waals surface area (Å²) in [6.07, 6.45) is -4.13. The van der Waals surface area contributed by atoms with Crippen LogP contribution in [0, 0.1) is 0 Å². The zero-order valence-corrected chi connectivity index (χ0v) is 29.9. The molecule has 0 saturated carbocycles. The summed E-state index contributed by atoms with van der Waals surface area (Å²) in [5.41, 5.74) is 0.471. The number of benzene rings is 1. The van der Waals surface area contributed by atoms with Crippen molar-refractivity contribution in [1.82, 2.24) is 10.6 Å². The Morgan fingerprint density at radius 1 is 1.04 bits per heavy atom. The summed E-state index contributed by atoms with van der Waals surface area (Å²) in [6.45, 7) is 4.14. The Morgan fingerprint density at radius 3 is 2.53 bits per heavy atom. The number of hydrogen-bond acceptors (Lipinski definition) is 15. The summed E-state index contributed by atoms with van der Waals surface area (Å²) in [4.78, 5) is 50.8. The van der Waals surface area contributed by atoms with Crippen LogP contribution in [0.3, 0.4) is 0 Å². The van der Waals surface area contributed by atoms with Crippen molar-refractivity contribution in [2.75, 3.05) is 33.2 Å². The highest BCUT2D eigenvalue weighted by Gasteiger charge is 2.44. The van der Waals surface area contributed by atoms with Gasteiger partial charge < -0.3 is 64.6 Å². The highest BCUT2D eigenvalue weighted by molar-refractivity contribution is 5.94. The lowest BCUT2D eigenvalue weighted by molar-refractivity contribution is -0.298. The fourth-order valence-corrected chi connectivity index (χ4v) is 5.84. The van der Waals surface area contributed by atoms with Crippen LogP contribution >= 0.6 is 0 Å². The van der Waals surface area contributed by atoms with Crippen molar-refractivity contribution in [1.29, 1.82) is 0 Å². The second kappa shape index (κ2) is 19.5. The maximum absolute atomic E-state index is 13.2. The Balaban J connectivity index is 1.25. The van der Waals surface area contributed by atoms with E-state index in [4.69, 9.17) is 28.4 Å². The molecule has 17 nitrogen and oxygen atoms in total. The third kappa shape index (κ3) is 12.4. The number of ether oxygens (including phenoxy) is 6. The molecular weight excluding hydrogens is 700 g/mol. The molecule has 17 heteroatoms. The zero-order chi connectivity index (χ0) is 38.7. The summed E-state index contributed by atoms with van der Waals surface area (Å²) >= 11 is 0. The van der Waals surface area contributed by atoms with Crippen molar-refractivity contribution in [3.8, 4) is 0 Å². The maximum Gasteiger partial charge on any atom is 0.338 e. The largest absolute Gasteiger partial charge is 0.460 e. The van der Waals surface area contributed by atoms with E-state index in [0.29, 0.717) is 5.56 Å². The van der Waals surface area contributed by atoms with Crippen molar-refractivity contribution in [2.45, 2.75) is 107 Å². The van der Waals surface area contributed by atoms with Gasteiger partial charge in [-0.05, 0) is 51.0 Å². The van der Waals surface area contributed by atoms with Gasteiger partial charge >= 0.3 is 11.9 Å². The van der Waals surface area contributed by atoms with Crippen LogP contribution in [0.1, 0.15) is 62.4 Å². The Bertz CT molecular complexity index is 1470. The SMILES string of the molecule is CC(C)(C)OC(=O)CC[C@@H](CO)NC(=O)CCNC(=O)C1=C[C@H]2OCO[C@H]2[C@H](OC(=O)c2cccc(C=CCO[C@H]3O[C@H](CO)[C@H](O)[C@H](O)[C@H]3O)c2)C1. The summed E-state index contributed by atoms with van der Waals surface area (Å²) in [7, 11) is 0. The van der Waals surface area contributed by atoms with Gasteiger partial charge in [0, 0.05) is 31.4 Å². The van der Waals surface area contributed by atoms with Gasteiger partial charge in [0.05, 0.1) is 31.4 Å². The first kappa shape index (κ1) is 42.0. The second-order valence-corrected chi connectivity index (χ2v) is 13.9. The number of esters is 2. The van der Waals surface area contributed by atoms with Crippen LogP contribution in [0.5, 0.6) is 0 Å². The van der Waals surface area contributed by atoms with E-state index in [9.17, 15) is 44.7 Å². The van der Waals surface area contributed by atoms with E-state index in [-0.39, 0.29) is 63.4 Å². The molecule has 2 heterocycles. The highest BCUT2D eigenvalue weighted by Crippen LogP contribution is 2.31. The standard InChI is InChI=1S/C36H50N2O15/c1-36(2,3)53-28(42)10-9-23(17-39)38-27(41)11-12-37-33(46)22-15-24-32(50-19-49-24)25(16-22)51-34(47)21-8-4-6-20(14-21)7-5-13-48-35-31(45)30(44)29(43)26(18-40)52-35/h4-8,14-15,23-26,29-32,35,39-40,43-45H,9-13,16-19H2,1-3H3,(H,37,46)(H,38,41)/t23-,24+,25+,26+,29-,30-,31+,32+,35-/m0/s1. The first-order valence-electron chi connectivity index (χ1n) is 17.4. The fraction of sp³-hybridized carbons (Fsp3) is 0.611. The van der Waals surface area contributed by atoms with Gasteiger partial charge in [-0.25, -0.2) is 4.79 Å². The third-order valence-corrected chi connectivity index (χ3v) is 8.53. The van der Waals surface area contributed by atoms with Gasteiger partial charge in [0.25, 0.3) is 0 Å². The number of rotatable bonds is 16. The minimum atomic E-state index is -1.56. The minimum absolute atomic E-state index is 0.0163. The molecule has 1 aromatic rings. The Kier molecular flexibility index (Phi) is 15.5. The smallest absolute Gasteiger partial charge is 0.338 e. The highest BCUT2D eigenvalue weighted by atomic mass is 16.7. The van der Waals surface area contributed by atoms with Crippen LogP contribution in [-0.2, 0) is 42.8 Å². The average molecular weight is 751 g/mol. The van der Waals surface area contributed by atoms with Crippen molar-refractivity contribution >= 4 is 29.8 Å². The van der Waals surface area contributed by atoms with Crippen molar-refractivity contribution in [2.24, 2.45) is 0 Å². The van der Waals surface area contributed by atoms with Gasteiger partial charge in [-0.2, -0.15) is 0 Å². The number of fused-ring (bicyclic) bond motifs is 1. The van der Waals surface area contributed by atoms with Gasteiger partial charge in [0.2, 0.25) is 11.8 Å². The number of aliphatic hydroxyl groups excluding tert-OH is 5. The lowest BCUT2D eigenvalue weighted by Gasteiger charge is -2.39.